The van der Waals surface area contributed by atoms with Gasteiger partial charge in [-0.05, 0) is 26.2 Å². The minimum absolute atomic E-state index is 0.0974. The van der Waals surface area contributed by atoms with Gasteiger partial charge in [0.05, 0.1) is 0 Å². The van der Waals surface area contributed by atoms with Crippen LogP contribution in [-0.2, 0) is 0 Å². The van der Waals surface area contributed by atoms with Gasteiger partial charge in [0.25, 0.3) is 0 Å². The molecule has 0 aromatic rings. The topological polar surface area (TPSA) is 67.2 Å². The highest BCUT2D eigenvalue weighted by atomic mass is 16.2. The zero-order chi connectivity index (χ0) is 8.97. The highest BCUT2D eigenvalue weighted by molar-refractivity contribution is 5.74. The molecule has 0 bridgehead atoms. The monoisotopic (exact) mass is 171 g/mol. The van der Waals surface area contributed by atoms with Gasteiger partial charge in [-0.15, -0.1) is 0 Å². The molecule has 70 valence electrons. The molecular weight excluding hydrogens is 154 g/mol. The van der Waals surface area contributed by atoms with Crippen molar-refractivity contribution in [2.75, 3.05) is 6.54 Å². The van der Waals surface area contributed by atoms with Gasteiger partial charge in [0.1, 0.15) is 0 Å². The van der Waals surface area contributed by atoms with Crippen LogP contribution < -0.4 is 16.4 Å². The molecule has 4 heteroatoms. The lowest BCUT2D eigenvalue weighted by Gasteiger charge is -2.16. The Morgan fingerprint density at radius 2 is 2.33 bits per heavy atom. The molecule has 1 aliphatic rings. The van der Waals surface area contributed by atoms with Crippen LogP contribution in [0, 0.1) is 0 Å². The first-order chi connectivity index (χ1) is 5.74. The van der Waals surface area contributed by atoms with Gasteiger partial charge in [-0.3, -0.25) is 0 Å². The molecule has 12 heavy (non-hydrogen) atoms. The van der Waals surface area contributed by atoms with E-state index in [1.165, 1.54) is 0 Å². The van der Waals surface area contributed by atoms with E-state index in [1.807, 2.05) is 6.92 Å². The standard InChI is InChI=1S/C8H17N3O/c1-2-10-8(12)11-7-5-3-4-6(7)9/h6-7H,2-5,9H2,1H3,(H2,10,11,12). The molecule has 0 saturated heterocycles. The normalized spacial score (nSPS) is 28.5. The Bertz CT molecular complexity index is 160. The molecule has 2 atom stereocenters. The third kappa shape index (κ3) is 2.37. The average Bonchev–Trinajstić information content (AvgIpc) is 2.37. The summed E-state index contributed by atoms with van der Waals surface area (Å²) in [5, 5.41) is 5.54. The zero-order valence-corrected chi connectivity index (χ0v) is 7.47. The van der Waals surface area contributed by atoms with E-state index >= 15 is 0 Å². The van der Waals surface area contributed by atoms with E-state index in [2.05, 4.69) is 10.6 Å². The number of rotatable bonds is 2. The Labute approximate surface area is 72.9 Å². The predicted molar refractivity (Wildman–Crippen MR) is 47.8 cm³/mol. The maximum atomic E-state index is 11.1. The first kappa shape index (κ1) is 9.32. The van der Waals surface area contributed by atoms with Crippen LogP contribution in [0.2, 0.25) is 0 Å². The van der Waals surface area contributed by atoms with Gasteiger partial charge in [-0.1, -0.05) is 0 Å². The van der Waals surface area contributed by atoms with Crippen LogP contribution in [0.5, 0.6) is 0 Å². The van der Waals surface area contributed by atoms with Crippen molar-refractivity contribution in [3.63, 3.8) is 0 Å². The van der Waals surface area contributed by atoms with Crippen molar-refractivity contribution in [3.05, 3.63) is 0 Å². The van der Waals surface area contributed by atoms with Gasteiger partial charge in [0.2, 0.25) is 0 Å². The summed E-state index contributed by atoms with van der Waals surface area (Å²) in [6.45, 7) is 2.56. The van der Waals surface area contributed by atoms with Crippen LogP contribution in [0.15, 0.2) is 0 Å². The SMILES string of the molecule is CCNC(=O)NC1CCCC1N. The Kier molecular flexibility index (Phi) is 3.34. The molecule has 4 nitrogen and oxygen atoms in total. The lowest BCUT2D eigenvalue weighted by Crippen LogP contribution is -2.47. The Morgan fingerprint density at radius 1 is 1.58 bits per heavy atom. The Hall–Kier alpha value is -0.770. The molecule has 4 N–H and O–H groups in total. The lowest BCUT2D eigenvalue weighted by molar-refractivity contribution is 0.236. The van der Waals surface area contributed by atoms with Crippen molar-refractivity contribution in [2.24, 2.45) is 5.73 Å². The summed E-state index contributed by atoms with van der Waals surface area (Å²) < 4.78 is 0. The van der Waals surface area contributed by atoms with E-state index < -0.39 is 0 Å². The summed E-state index contributed by atoms with van der Waals surface area (Å²) in [6, 6.07) is 0.226. The second-order valence-electron chi connectivity index (χ2n) is 3.21. The van der Waals surface area contributed by atoms with Crippen LogP contribution >= 0.6 is 0 Å². The maximum absolute atomic E-state index is 11.1. The van der Waals surface area contributed by atoms with E-state index in [4.69, 9.17) is 5.73 Å². The summed E-state index contributed by atoms with van der Waals surface area (Å²) in [5.74, 6) is 0. The molecule has 0 spiro atoms. The van der Waals surface area contributed by atoms with Crippen molar-refractivity contribution in [1.29, 1.82) is 0 Å². The molecule has 0 aromatic heterocycles. The quantitative estimate of drug-likeness (QED) is 0.555. The zero-order valence-electron chi connectivity index (χ0n) is 7.47. The highest BCUT2D eigenvalue weighted by Crippen LogP contribution is 2.16. The van der Waals surface area contributed by atoms with Crippen molar-refractivity contribution in [3.8, 4) is 0 Å². The number of urea groups is 1. The third-order valence-corrected chi connectivity index (χ3v) is 2.22. The van der Waals surface area contributed by atoms with Crippen molar-refractivity contribution in [2.45, 2.75) is 38.3 Å². The molecule has 0 aliphatic heterocycles. The first-order valence-corrected chi connectivity index (χ1v) is 4.54. The number of nitrogens with two attached hydrogens (primary N) is 1. The van der Waals surface area contributed by atoms with Crippen molar-refractivity contribution < 1.29 is 4.79 Å². The van der Waals surface area contributed by atoms with Crippen molar-refractivity contribution >= 4 is 6.03 Å². The molecule has 0 radical (unpaired) electrons. The van der Waals surface area contributed by atoms with E-state index in [9.17, 15) is 4.79 Å². The largest absolute Gasteiger partial charge is 0.338 e. The van der Waals surface area contributed by atoms with Crippen LogP contribution in [0.3, 0.4) is 0 Å². The summed E-state index contributed by atoms with van der Waals surface area (Å²) in [5.41, 5.74) is 5.78. The molecule has 1 saturated carbocycles. The van der Waals surface area contributed by atoms with Crippen LogP contribution in [0.25, 0.3) is 0 Å². The molecule has 1 rings (SSSR count). The first-order valence-electron chi connectivity index (χ1n) is 4.54. The number of nitrogens with one attached hydrogen (secondary N) is 2. The molecule has 2 amide bonds. The Balaban J connectivity index is 2.25. The van der Waals surface area contributed by atoms with E-state index in [1.54, 1.807) is 0 Å². The summed E-state index contributed by atoms with van der Waals surface area (Å²) in [7, 11) is 0. The van der Waals surface area contributed by atoms with Crippen LogP contribution in [-0.4, -0.2) is 24.7 Å². The third-order valence-electron chi connectivity index (χ3n) is 2.22. The van der Waals surface area contributed by atoms with Crippen LogP contribution in [0.1, 0.15) is 26.2 Å². The van der Waals surface area contributed by atoms with Gasteiger partial charge >= 0.3 is 6.03 Å². The van der Waals surface area contributed by atoms with Crippen LogP contribution in [0.4, 0.5) is 4.79 Å². The van der Waals surface area contributed by atoms with E-state index in [0.717, 1.165) is 19.3 Å². The van der Waals surface area contributed by atoms with Gasteiger partial charge < -0.3 is 16.4 Å². The minimum Gasteiger partial charge on any atom is -0.338 e. The number of amides is 2. The molecular formula is C8H17N3O. The van der Waals surface area contributed by atoms with Gasteiger partial charge in [0, 0.05) is 18.6 Å². The molecule has 1 fully saturated rings. The number of hydrogen-bond acceptors (Lipinski definition) is 2. The fourth-order valence-corrected chi connectivity index (χ4v) is 1.55. The highest BCUT2D eigenvalue weighted by Gasteiger charge is 2.24. The molecule has 2 unspecified atom stereocenters. The summed E-state index contributed by atoms with van der Waals surface area (Å²) >= 11 is 0. The Morgan fingerprint density at radius 3 is 2.83 bits per heavy atom. The van der Waals surface area contributed by atoms with E-state index in [-0.39, 0.29) is 18.1 Å². The van der Waals surface area contributed by atoms with Crippen molar-refractivity contribution in [1.82, 2.24) is 10.6 Å². The smallest absolute Gasteiger partial charge is 0.315 e. The summed E-state index contributed by atoms with van der Waals surface area (Å²) in [6.07, 6.45) is 3.16. The number of hydrogen-bond donors (Lipinski definition) is 3. The predicted octanol–water partition coefficient (Wildman–Crippen LogP) is 0.185. The second-order valence-corrected chi connectivity index (χ2v) is 3.21. The number of carbonyl (C=O) groups is 1. The fourth-order valence-electron chi connectivity index (χ4n) is 1.55. The van der Waals surface area contributed by atoms with E-state index in [0.29, 0.717) is 6.54 Å². The average molecular weight is 171 g/mol. The van der Waals surface area contributed by atoms with Gasteiger partial charge in [-0.2, -0.15) is 0 Å². The summed E-state index contributed by atoms with van der Waals surface area (Å²) in [4.78, 5) is 11.1. The molecule has 1 aliphatic carbocycles. The maximum Gasteiger partial charge on any atom is 0.315 e. The lowest BCUT2D eigenvalue weighted by atomic mass is 10.2. The second kappa shape index (κ2) is 4.30. The fraction of sp³-hybridized carbons (Fsp3) is 0.875. The molecule has 0 aromatic carbocycles. The minimum atomic E-state index is -0.0974. The van der Waals surface area contributed by atoms with Gasteiger partial charge in [-0.25, -0.2) is 4.79 Å². The van der Waals surface area contributed by atoms with Gasteiger partial charge in [0.15, 0.2) is 0 Å². The molecule has 0 heterocycles. The number of carbonyl (C=O) groups excluding carboxylic acids is 1.